The summed E-state index contributed by atoms with van der Waals surface area (Å²) in [5.74, 6) is 0. The van der Waals surface area contributed by atoms with Crippen LogP contribution >= 0.6 is 11.5 Å². The van der Waals surface area contributed by atoms with Crippen molar-refractivity contribution in [3.8, 4) is 6.07 Å². The quantitative estimate of drug-likeness (QED) is 0.916. The van der Waals surface area contributed by atoms with Crippen molar-refractivity contribution in [3.63, 3.8) is 0 Å². The third kappa shape index (κ3) is 2.67. The second kappa shape index (κ2) is 5.63. The molecule has 1 aromatic heterocycles. The molecule has 0 radical (unpaired) electrons. The van der Waals surface area contributed by atoms with Crippen molar-refractivity contribution in [2.75, 3.05) is 12.4 Å². The van der Waals surface area contributed by atoms with Gasteiger partial charge in [-0.25, -0.2) is 0 Å². The summed E-state index contributed by atoms with van der Waals surface area (Å²) < 4.78 is 9.27. The molecule has 0 bridgehead atoms. The first-order valence-electron chi connectivity index (χ1n) is 5.46. The maximum Gasteiger partial charge on any atom is 0.132 e. The predicted molar refractivity (Wildman–Crippen MR) is 72.0 cm³/mol. The maximum atomic E-state index is 9.06. The Morgan fingerprint density at radius 2 is 2.33 bits per heavy atom. The smallest absolute Gasteiger partial charge is 0.132 e. The molecule has 0 aliphatic carbocycles. The second-order valence-electron chi connectivity index (χ2n) is 3.84. The molecule has 0 saturated heterocycles. The van der Waals surface area contributed by atoms with E-state index < -0.39 is 0 Å². The Balaban J connectivity index is 2.23. The highest BCUT2D eigenvalue weighted by Crippen LogP contribution is 2.27. The molecule has 92 valence electrons. The molecule has 0 saturated carbocycles. The fraction of sp³-hybridized carbons (Fsp3) is 0.231. The normalized spacial score (nSPS) is 10.1. The van der Waals surface area contributed by atoms with E-state index in [-0.39, 0.29) is 0 Å². The van der Waals surface area contributed by atoms with Crippen LogP contribution in [-0.2, 0) is 11.3 Å². The average molecular weight is 259 g/mol. The SMILES string of the molecule is COCc1cccc(Nc2snc(C)c2C#N)c1. The maximum absolute atomic E-state index is 9.06. The molecule has 0 aliphatic heterocycles. The minimum Gasteiger partial charge on any atom is -0.380 e. The lowest BCUT2D eigenvalue weighted by molar-refractivity contribution is 0.185. The Labute approximate surface area is 110 Å². The van der Waals surface area contributed by atoms with E-state index in [1.165, 1.54) is 11.5 Å². The molecule has 0 spiro atoms. The molecule has 0 aliphatic rings. The van der Waals surface area contributed by atoms with Gasteiger partial charge in [0.1, 0.15) is 16.6 Å². The molecule has 0 unspecified atom stereocenters. The van der Waals surface area contributed by atoms with E-state index in [4.69, 9.17) is 10.00 Å². The molecular weight excluding hydrogens is 246 g/mol. The first kappa shape index (κ1) is 12.6. The summed E-state index contributed by atoms with van der Waals surface area (Å²) in [6, 6.07) is 10.1. The van der Waals surface area contributed by atoms with Gasteiger partial charge >= 0.3 is 0 Å². The van der Waals surface area contributed by atoms with Crippen LogP contribution in [0.25, 0.3) is 0 Å². The molecule has 5 heteroatoms. The van der Waals surface area contributed by atoms with Gasteiger partial charge in [0.2, 0.25) is 0 Å². The largest absolute Gasteiger partial charge is 0.380 e. The number of nitriles is 1. The number of nitrogens with one attached hydrogen (secondary N) is 1. The summed E-state index contributed by atoms with van der Waals surface area (Å²) in [6.07, 6.45) is 0. The van der Waals surface area contributed by atoms with Crippen LogP contribution < -0.4 is 5.32 Å². The summed E-state index contributed by atoms with van der Waals surface area (Å²) in [6.45, 7) is 2.41. The number of benzene rings is 1. The van der Waals surface area contributed by atoms with Crippen LogP contribution in [0, 0.1) is 18.3 Å². The van der Waals surface area contributed by atoms with Crippen molar-refractivity contribution in [2.45, 2.75) is 13.5 Å². The highest BCUT2D eigenvalue weighted by atomic mass is 32.1. The van der Waals surface area contributed by atoms with E-state index in [0.29, 0.717) is 12.2 Å². The summed E-state index contributed by atoms with van der Waals surface area (Å²) in [5, 5.41) is 13.1. The number of rotatable bonds is 4. The number of anilines is 2. The lowest BCUT2D eigenvalue weighted by Crippen LogP contribution is -1.93. The van der Waals surface area contributed by atoms with Gasteiger partial charge in [-0.2, -0.15) is 9.64 Å². The van der Waals surface area contributed by atoms with Crippen molar-refractivity contribution < 1.29 is 4.74 Å². The number of ether oxygens (including phenoxy) is 1. The second-order valence-corrected chi connectivity index (χ2v) is 4.62. The van der Waals surface area contributed by atoms with Crippen LogP contribution in [0.3, 0.4) is 0 Å². The Hall–Kier alpha value is -1.90. The fourth-order valence-corrected chi connectivity index (χ4v) is 2.39. The van der Waals surface area contributed by atoms with Crippen molar-refractivity contribution in [1.82, 2.24) is 4.37 Å². The van der Waals surface area contributed by atoms with Crippen molar-refractivity contribution in [3.05, 3.63) is 41.1 Å². The van der Waals surface area contributed by atoms with E-state index in [1.54, 1.807) is 7.11 Å². The Kier molecular flexibility index (Phi) is 3.92. The number of aryl methyl sites for hydroxylation is 1. The molecular formula is C13H13N3OS. The molecule has 1 heterocycles. The van der Waals surface area contributed by atoms with Gasteiger partial charge in [-0.05, 0) is 36.2 Å². The minimum atomic E-state index is 0.572. The summed E-state index contributed by atoms with van der Waals surface area (Å²) in [5.41, 5.74) is 3.39. The van der Waals surface area contributed by atoms with Gasteiger partial charge in [0.25, 0.3) is 0 Å². The first-order valence-corrected chi connectivity index (χ1v) is 6.23. The predicted octanol–water partition coefficient (Wildman–Crippen LogP) is 3.21. The highest BCUT2D eigenvalue weighted by Gasteiger charge is 2.10. The van der Waals surface area contributed by atoms with Crippen LogP contribution in [0.15, 0.2) is 24.3 Å². The van der Waals surface area contributed by atoms with Gasteiger partial charge in [-0.15, -0.1) is 0 Å². The van der Waals surface area contributed by atoms with Crippen LogP contribution in [0.2, 0.25) is 0 Å². The summed E-state index contributed by atoms with van der Waals surface area (Å²) in [7, 11) is 1.67. The van der Waals surface area contributed by atoms with Gasteiger partial charge in [0.15, 0.2) is 0 Å². The molecule has 0 fully saturated rings. The van der Waals surface area contributed by atoms with Gasteiger partial charge in [-0.1, -0.05) is 12.1 Å². The van der Waals surface area contributed by atoms with Crippen LogP contribution in [0.1, 0.15) is 16.8 Å². The molecule has 0 amide bonds. The summed E-state index contributed by atoms with van der Waals surface area (Å²) in [4.78, 5) is 0. The zero-order chi connectivity index (χ0) is 13.0. The molecule has 1 N–H and O–H groups in total. The van der Waals surface area contributed by atoms with Crippen molar-refractivity contribution in [1.29, 1.82) is 5.26 Å². The third-order valence-corrected chi connectivity index (χ3v) is 3.32. The molecule has 4 nitrogen and oxygen atoms in total. The molecule has 1 aromatic carbocycles. The first-order chi connectivity index (χ1) is 8.74. The van der Waals surface area contributed by atoms with Crippen molar-refractivity contribution >= 4 is 22.2 Å². The van der Waals surface area contributed by atoms with Gasteiger partial charge in [0, 0.05) is 12.8 Å². The topological polar surface area (TPSA) is 57.9 Å². The minimum absolute atomic E-state index is 0.572. The third-order valence-electron chi connectivity index (χ3n) is 2.47. The van der Waals surface area contributed by atoms with E-state index in [9.17, 15) is 0 Å². The lowest BCUT2D eigenvalue weighted by Gasteiger charge is -2.06. The number of hydrogen-bond acceptors (Lipinski definition) is 5. The van der Waals surface area contributed by atoms with Crippen LogP contribution in [0.4, 0.5) is 10.7 Å². The van der Waals surface area contributed by atoms with E-state index in [1.807, 2.05) is 31.2 Å². The van der Waals surface area contributed by atoms with Gasteiger partial charge < -0.3 is 10.1 Å². The Morgan fingerprint density at radius 3 is 3.06 bits per heavy atom. The monoisotopic (exact) mass is 259 g/mol. The number of hydrogen-bond donors (Lipinski definition) is 1. The van der Waals surface area contributed by atoms with E-state index in [0.717, 1.165) is 21.9 Å². The molecule has 18 heavy (non-hydrogen) atoms. The van der Waals surface area contributed by atoms with E-state index >= 15 is 0 Å². The number of methoxy groups -OCH3 is 1. The highest BCUT2D eigenvalue weighted by molar-refractivity contribution is 7.10. The van der Waals surface area contributed by atoms with Crippen LogP contribution in [-0.4, -0.2) is 11.5 Å². The number of aromatic nitrogens is 1. The van der Waals surface area contributed by atoms with Gasteiger partial charge in [-0.3, -0.25) is 0 Å². The molecule has 0 atom stereocenters. The zero-order valence-electron chi connectivity index (χ0n) is 10.2. The average Bonchev–Trinajstić information content (AvgIpc) is 2.71. The van der Waals surface area contributed by atoms with Gasteiger partial charge in [0.05, 0.1) is 12.3 Å². The Morgan fingerprint density at radius 1 is 1.50 bits per heavy atom. The summed E-state index contributed by atoms with van der Waals surface area (Å²) >= 11 is 1.30. The fourth-order valence-electron chi connectivity index (χ4n) is 1.62. The Bertz CT molecular complexity index is 586. The lowest BCUT2D eigenvalue weighted by atomic mass is 10.2. The zero-order valence-corrected chi connectivity index (χ0v) is 11.0. The number of nitrogens with zero attached hydrogens (tertiary/aromatic N) is 2. The standard InChI is InChI=1S/C13H13N3OS/c1-9-12(7-14)13(18-16-9)15-11-5-3-4-10(6-11)8-17-2/h3-6,15H,8H2,1-2H3. The van der Waals surface area contributed by atoms with Crippen LogP contribution in [0.5, 0.6) is 0 Å². The van der Waals surface area contributed by atoms with E-state index in [2.05, 4.69) is 15.8 Å². The van der Waals surface area contributed by atoms with Crippen molar-refractivity contribution in [2.24, 2.45) is 0 Å². The molecule has 2 aromatic rings. The molecule has 2 rings (SSSR count).